The van der Waals surface area contributed by atoms with E-state index in [1.165, 1.54) is 11.1 Å². The van der Waals surface area contributed by atoms with E-state index in [2.05, 4.69) is 29.0 Å². The van der Waals surface area contributed by atoms with E-state index in [-0.39, 0.29) is 18.3 Å². The van der Waals surface area contributed by atoms with Gasteiger partial charge in [0.25, 0.3) is 0 Å². The van der Waals surface area contributed by atoms with Gasteiger partial charge in [-0.2, -0.15) is 0 Å². The van der Waals surface area contributed by atoms with Gasteiger partial charge in [0.15, 0.2) is 0 Å². The predicted octanol–water partition coefficient (Wildman–Crippen LogP) is 4.22. The fraction of sp³-hybridized carbons (Fsp3) is 0.250. The van der Waals surface area contributed by atoms with E-state index in [0.717, 1.165) is 5.75 Å². The summed E-state index contributed by atoms with van der Waals surface area (Å²) < 4.78 is 38.1. The van der Waals surface area contributed by atoms with Crippen LogP contribution >= 0.6 is 0 Å². The summed E-state index contributed by atoms with van der Waals surface area (Å²) in [6.45, 7) is 0.446. The third kappa shape index (κ3) is 6.61. The van der Waals surface area contributed by atoms with Crippen molar-refractivity contribution in [1.29, 1.82) is 0 Å². The second kappa shape index (κ2) is 10.8. The zero-order valence-corrected chi connectivity index (χ0v) is 17.8. The molecule has 0 saturated heterocycles. The molecule has 0 aliphatic carbocycles. The average molecular weight is 426 g/mol. The molecule has 0 unspecified atom stereocenters. The van der Waals surface area contributed by atoms with Crippen LogP contribution in [0.2, 0.25) is 0 Å². The van der Waals surface area contributed by atoms with Gasteiger partial charge in [-0.25, -0.2) is 13.1 Å². The Kier molecular flexibility index (Phi) is 7.88. The molecule has 0 saturated carbocycles. The minimum atomic E-state index is -3.42. The Labute approximate surface area is 178 Å². The highest BCUT2D eigenvalue weighted by molar-refractivity contribution is 7.89. The van der Waals surface area contributed by atoms with Crippen molar-refractivity contribution in [2.24, 2.45) is 0 Å². The number of rotatable bonds is 11. The number of hydrogen-bond donors (Lipinski definition) is 1. The zero-order valence-electron chi connectivity index (χ0n) is 17.0. The molecule has 1 N–H and O–H groups in total. The van der Waals surface area contributed by atoms with Crippen LogP contribution < -0.4 is 14.2 Å². The lowest BCUT2D eigenvalue weighted by atomic mass is 9.89. The lowest BCUT2D eigenvalue weighted by molar-refractivity contribution is 0.339. The first kappa shape index (κ1) is 21.9. The minimum Gasteiger partial charge on any atom is -0.497 e. The van der Waals surface area contributed by atoms with E-state index in [1.807, 2.05) is 36.4 Å². The Morgan fingerprint density at radius 3 is 1.87 bits per heavy atom. The molecule has 158 valence electrons. The third-order valence-corrected chi connectivity index (χ3v) is 6.19. The van der Waals surface area contributed by atoms with Gasteiger partial charge in [0.2, 0.25) is 10.0 Å². The highest BCUT2D eigenvalue weighted by Gasteiger charge is 2.16. The molecule has 0 atom stereocenters. The van der Waals surface area contributed by atoms with Gasteiger partial charge in [-0.3, -0.25) is 0 Å². The second-order valence-corrected chi connectivity index (χ2v) is 8.83. The Morgan fingerprint density at radius 1 is 0.800 bits per heavy atom. The number of sulfonamides is 1. The van der Waals surface area contributed by atoms with Gasteiger partial charge in [0.05, 0.1) is 12.9 Å². The van der Waals surface area contributed by atoms with Crippen molar-refractivity contribution >= 4 is 10.0 Å². The van der Waals surface area contributed by atoms with Gasteiger partial charge in [0.1, 0.15) is 18.1 Å². The maximum Gasteiger partial charge on any atom is 0.214 e. The summed E-state index contributed by atoms with van der Waals surface area (Å²) in [6, 6.07) is 27.4. The predicted molar refractivity (Wildman–Crippen MR) is 120 cm³/mol. The molecule has 3 aromatic rings. The molecule has 3 rings (SSSR count). The fourth-order valence-corrected chi connectivity index (χ4v) is 4.14. The van der Waals surface area contributed by atoms with Crippen LogP contribution in [0.15, 0.2) is 84.9 Å². The summed E-state index contributed by atoms with van der Waals surface area (Å²) >= 11 is 0. The first-order valence-electron chi connectivity index (χ1n) is 9.91. The van der Waals surface area contributed by atoms with E-state index >= 15 is 0 Å². The maximum atomic E-state index is 12.4. The van der Waals surface area contributed by atoms with Gasteiger partial charge >= 0.3 is 0 Å². The minimum absolute atomic E-state index is 0.0858. The van der Waals surface area contributed by atoms with Gasteiger partial charge in [-0.15, -0.1) is 0 Å². The normalized spacial score (nSPS) is 11.4. The molecule has 0 fully saturated rings. The Balaban J connectivity index is 1.52. The molecule has 0 aromatic heterocycles. The number of methoxy groups -OCH3 is 1. The van der Waals surface area contributed by atoms with Gasteiger partial charge < -0.3 is 9.47 Å². The molecule has 0 aliphatic heterocycles. The molecule has 6 heteroatoms. The van der Waals surface area contributed by atoms with Crippen LogP contribution in [-0.4, -0.2) is 34.4 Å². The average Bonchev–Trinajstić information content (AvgIpc) is 2.78. The van der Waals surface area contributed by atoms with Gasteiger partial charge in [-0.1, -0.05) is 60.7 Å². The standard InChI is InChI=1S/C24H27NO4S/c1-28-22-12-14-23(15-13-22)29-18-19-30(26,27)25-17-16-24(20-8-4-2-5-9-20)21-10-6-3-7-11-21/h2-15,24-25H,16-19H2,1H3. The summed E-state index contributed by atoms with van der Waals surface area (Å²) in [6.07, 6.45) is 0.673. The topological polar surface area (TPSA) is 64.6 Å². The Morgan fingerprint density at radius 2 is 1.33 bits per heavy atom. The number of nitrogens with one attached hydrogen (secondary N) is 1. The Bertz CT molecular complexity index is 951. The van der Waals surface area contributed by atoms with Crippen molar-refractivity contribution in [2.75, 3.05) is 26.0 Å². The van der Waals surface area contributed by atoms with E-state index in [0.29, 0.717) is 18.7 Å². The molecule has 0 heterocycles. The lowest BCUT2D eigenvalue weighted by Gasteiger charge is -2.18. The number of benzene rings is 3. The number of hydrogen-bond acceptors (Lipinski definition) is 4. The van der Waals surface area contributed by atoms with Crippen LogP contribution in [0.5, 0.6) is 11.5 Å². The second-order valence-electron chi connectivity index (χ2n) is 6.90. The monoisotopic (exact) mass is 425 g/mol. The van der Waals surface area contributed by atoms with Crippen LogP contribution in [0.25, 0.3) is 0 Å². The lowest BCUT2D eigenvalue weighted by Crippen LogP contribution is -2.30. The molecule has 0 radical (unpaired) electrons. The summed E-state index contributed by atoms with van der Waals surface area (Å²) in [5, 5.41) is 0. The highest BCUT2D eigenvalue weighted by Crippen LogP contribution is 2.27. The zero-order chi connectivity index (χ0) is 21.2. The summed E-state index contributed by atoms with van der Waals surface area (Å²) in [4.78, 5) is 0. The molecule has 5 nitrogen and oxygen atoms in total. The molecule has 0 bridgehead atoms. The van der Waals surface area contributed by atoms with E-state index in [4.69, 9.17) is 9.47 Å². The highest BCUT2D eigenvalue weighted by atomic mass is 32.2. The summed E-state index contributed by atoms with van der Waals surface area (Å²) in [5.41, 5.74) is 2.34. The van der Waals surface area contributed by atoms with E-state index < -0.39 is 10.0 Å². The molecular formula is C24H27NO4S. The first-order valence-corrected chi connectivity index (χ1v) is 11.6. The Hall–Kier alpha value is -2.83. The van der Waals surface area contributed by atoms with E-state index in [9.17, 15) is 8.42 Å². The first-order chi connectivity index (χ1) is 14.6. The molecule has 0 aliphatic rings. The maximum absolute atomic E-state index is 12.4. The van der Waals surface area contributed by atoms with Crippen molar-refractivity contribution < 1.29 is 17.9 Å². The SMILES string of the molecule is COc1ccc(OCCS(=O)(=O)NCCC(c2ccccc2)c2ccccc2)cc1. The summed E-state index contributed by atoms with van der Waals surface area (Å²) in [7, 11) is -1.83. The van der Waals surface area contributed by atoms with Crippen LogP contribution in [0.1, 0.15) is 23.5 Å². The van der Waals surface area contributed by atoms with Crippen LogP contribution in [-0.2, 0) is 10.0 Å². The number of ether oxygens (including phenoxy) is 2. The smallest absolute Gasteiger partial charge is 0.214 e. The van der Waals surface area contributed by atoms with E-state index in [1.54, 1.807) is 31.4 Å². The van der Waals surface area contributed by atoms with Crippen molar-refractivity contribution in [3.05, 3.63) is 96.1 Å². The molecule has 0 amide bonds. The van der Waals surface area contributed by atoms with Gasteiger partial charge in [-0.05, 0) is 41.8 Å². The molecule has 30 heavy (non-hydrogen) atoms. The molecule has 3 aromatic carbocycles. The van der Waals surface area contributed by atoms with Crippen LogP contribution in [0, 0.1) is 0 Å². The third-order valence-electron chi connectivity index (χ3n) is 4.84. The van der Waals surface area contributed by atoms with Crippen molar-refractivity contribution in [2.45, 2.75) is 12.3 Å². The van der Waals surface area contributed by atoms with Gasteiger partial charge in [0, 0.05) is 12.5 Å². The summed E-state index contributed by atoms with van der Waals surface area (Å²) in [5.74, 6) is 1.37. The fourth-order valence-electron chi connectivity index (χ4n) is 3.27. The van der Waals surface area contributed by atoms with Crippen molar-refractivity contribution in [1.82, 2.24) is 4.72 Å². The largest absolute Gasteiger partial charge is 0.497 e. The molecular weight excluding hydrogens is 398 g/mol. The van der Waals surface area contributed by atoms with Crippen molar-refractivity contribution in [3.63, 3.8) is 0 Å². The molecule has 0 spiro atoms. The van der Waals surface area contributed by atoms with Crippen molar-refractivity contribution in [3.8, 4) is 11.5 Å². The quantitative estimate of drug-likeness (QED) is 0.500. The van der Waals surface area contributed by atoms with Crippen LogP contribution in [0.4, 0.5) is 0 Å². The van der Waals surface area contributed by atoms with Crippen LogP contribution in [0.3, 0.4) is 0 Å².